The van der Waals surface area contributed by atoms with Crippen LogP contribution in [0.2, 0.25) is 0 Å². The minimum atomic E-state index is -3.15. The minimum absolute atomic E-state index is 0.215. The molecule has 0 saturated heterocycles. The van der Waals surface area contributed by atoms with E-state index in [9.17, 15) is 8.42 Å². The van der Waals surface area contributed by atoms with Crippen LogP contribution in [0.3, 0.4) is 0 Å². The largest absolute Gasteiger partial charge is 0.241 e. The number of rotatable bonds is 4. The maximum atomic E-state index is 12.3. The highest BCUT2D eigenvalue weighted by Crippen LogP contribution is 2.27. The van der Waals surface area contributed by atoms with Crippen LogP contribution < -0.4 is 0 Å². The van der Waals surface area contributed by atoms with E-state index in [1.54, 1.807) is 22.0 Å². The summed E-state index contributed by atoms with van der Waals surface area (Å²) in [7, 11) is -3.15. The normalized spacial score (nSPS) is 16.2. The van der Waals surface area contributed by atoms with Gasteiger partial charge in [-0.3, -0.25) is 0 Å². The highest BCUT2D eigenvalue weighted by atomic mass is 32.2. The van der Waals surface area contributed by atoms with Gasteiger partial charge in [-0.25, -0.2) is 22.7 Å². The summed E-state index contributed by atoms with van der Waals surface area (Å²) in [4.78, 5) is 8.81. The van der Waals surface area contributed by atoms with Crippen molar-refractivity contribution < 1.29 is 8.42 Å². The Morgan fingerprint density at radius 1 is 1.27 bits per heavy atom. The van der Waals surface area contributed by atoms with Crippen molar-refractivity contribution >= 4 is 21.4 Å². The van der Waals surface area contributed by atoms with Crippen LogP contribution in [0, 0.1) is 0 Å². The van der Waals surface area contributed by atoms with Gasteiger partial charge >= 0.3 is 0 Å². The fraction of sp³-hybridized carbons (Fsp3) is 0.467. The van der Waals surface area contributed by atoms with Gasteiger partial charge in [-0.05, 0) is 24.3 Å². The molecule has 22 heavy (non-hydrogen) atoms. The van der Waals surface area contributed by atoms with Gasteiger partial charge in [0.15, 0.2) is 0 Å². The molecular weight excluding hydrogens is 318 g/mol. The fourth-order valence-corrected chi connectivity index (χ4v) is 4.97. The zero-order chi connectivity index (χ0) is 15.6. The second-order valence-corrected chi connectivity index (χ2v) is 8.24. The Hall–Kier alpha value is -1.31. The molecule has 1 aliphatic heterocycles. The third-order valence-electron chi connectivity index (χ3n) is 3.89. The molecule has 0 N–H and O–H groups in total. The van der Waals surface area contributed by atoms with E-state index in [2.05, 4.69) is 15.3 Å². The monoisotopic (exact) mass is 337 g/mol. The lowest BCUT2D eigenvalue weighted by atomic mass is 10.0. The van der Waals surface area contributed by atoms with Gasteiger partial charge < -0.3 is 0 Å². The summed E-state index contributed by atoms with van der Waals surface area (Å²) in [5.41, 5.74) is 4.11. The van der Waals surface area contributed by atoms with E-state index in [-0.39, 0.29) is 5.75 Å². The lowest BCUT2D eigenvalue weighted by Crippen LogP contribution is -2.35. The molecule has 0 aliphatic carbocycles. The molecule has 0 unspecified atom stereocenters. The van der Waals surface area contributed by atoms with Crippen LogP contribution in [0.4, 0.5) is 0 Å². The van der Waals surface area contributed by atoms with Gasteiger partial charge in [0, 0.05) is 41.7 Å². The summed E-state index contributed by atoms with van der Waals surface area (Å²) in [6.45, 7) is 2.92. The van der Waals surface area contributed by atoms with Crippen molar-refractivity contribution in [2.24, 2.45) is 0 Å². The van der Waals surface area contributed by atoms with Crippen LogP contribution in [-0.4, -0.2) is 41.5 Å². The number of fused-ring (bicyclic) bond motifs is 1. The maximum Gasteiger partial charge on any atom is 0.214 e. The number of aromatic nitrogens is 2. The molecule has 5 nitrogen and oxygen atoms in total. The summed E-state index contributed by atoms with van der Waals surface area (Å²) >= 11 is 1.63. The number of hydrogen-bond acceptors (Lipinski definition) is 5. The molecule has 0 atom stereocenters. The van der Waals surface area contributed by atoms with Crippen molar-refractivity contribution in [3.05, 3.63) is 34.4 Å². The molecule has 0 spiro atoms. The molecule has 0 bridgehead atoms. The van der Waals surface area contributed by atoms with Crippen molar-refractivity contribution in [3.63, 3.8) is 0 Å². The lowest BCUT2D eigenvalue weighted by molar-refractivity contribution is 0.425. The third kappa shape index (κ3) is 3.06. The van der Waals surface area contributed by atoms with Gasteiger partial charge in [-0.1, -0.05) is 6.92 Å². The van der Waals surface area contributed by atoms with E-state index in [0.29, 0.717) is 32.4 Å². The van der Waals surface area contributed by atoms with Crippen molar-refractivity contribution in [2.45, 2.75) is 26.2 Å². The Morgan fingerprint density at radius 3 is 2.82 bits per heavy atom. The van der Waals surface area contributed by atoms with Gasteiger partial charge in [0.2, 0.25) is 10.0 Å². The molecule has 0 fully saturated rings. The SMILES string of the molecule is CCCS(=O)(=O)N1CCc2ncnc(-c3ccsc3)c2CC1. The van der Waals surface area contributed by atoms with Crippen molar-refractivity contribution in [1.82, 2.24) is 14.3 Å². The van der Waals surface area contributed by atoms with Gasteiger partial charge in [0.1, 0.15) is 6.33 Å². The summed E-state index contributed by atoms with van der Waals surface area (Å²) < 4.78 is 26.2. The summed E-state index contributed by atoms with van der Waals surface area (Å²) in [6.07, 6.45) is 3.55. The molecule has 2 aromatic heterocycles. The number of thiophene rings is 1. The van der Waals surface area contributed by atoms with Crippen LogP contribution in [0.15, 0.2) is 23.2 Å². The highest BCUT2D eigenvalue weighted by molar-refractivity contribution is 7.89. The second-order valence-electron chi connectivity index (χ2n) is 5.37. The molecule has 0 radical (unpaired) electrons. The molecule has 118 valence electrons. The first kappa shape index (κ1) is 15.6. The molecule has 3 rings (SSSR count). The summed E-state index contributed by atoms with van der Waals surface area (Å²) in [6, 6.07) is 2.05. The Bertz CT molecular complexity index is 742. The Morgan fingerprint density at radius 2 is 2.09 bits per heavy atom. The summed E-state index contributed by atoms with van der Waals surface area (Å²) in [5.74, 6) is 0.215. The molecule has 0 amide bonds. The third-order valence-corrected chi connectivity index (χ3v) is 6.65. The van der Waals surface area contributed by atoms with Crippen LogP contribution in [-0.2, 0) is 22.9 Å². The van der Waals surface area contributed by atoms with Gasteiger partial charge in [0.25, 0.3) is 0 Å². The Labute approximate surface area is 135 Å². The van der Waals surface area contributed by atoms with Gasteiger partial charge in [0.05, 0.1) is 11.4 Å². The zero-order valence-electron chi connectivity index (χ0n) is 12.5. The van der Waals surface area contributed by atoms with E-state index in [1.165, 1.54) is 0 Å². The van der Waals surface area contributed by atoms with Crippen molar-refractivity contribution in [1.29, 1.82) is 0 Å². The number of nitrogens with zero attached hydrogens (tertiary/aromatic N) is 3. The zero-order valence-corrected chi connectivity index (χ0v) is 14.2. The second kappa shape index (κ2) is 6.44. The van der Waals surface area contributed by atoms with Crippen molar-refractivity contribution in [3.8, 4) is 11.3 Å². The van der Waals surface area contributed by atoms with E-state index in [0.717, 1.165) is 22.5 Å². The first-order valence-electron chi connectivity index (χ1n) is 7.45. The van der Waals surface area contributed by atoms with E-state index < -0.39 is 10.0 Å². The summed E-state index contributed by atoms with van der Waals surface area (Å²) in [5, 5.41) is 4.09. The fourth-order valence-electron chi connectivity index (χ4n) is 2.82. The molecular formula is C15H19N3O2S2. The Balaban J connectivity index is 1.91. The molecule has 3 heterocycles. The minimum Gasteiger partial charge on any atom is -0.241 e. The van der Waals surface area contributed by atoms with E-state index >= 15 is 0 Å². The maximum absolute atomic E-state index is 12.3. The standard InChI is InChI=1S/C15H19N3O2S2/c1-2-9-22(19,20)18-6-3-13-14(4-7-18)16-11-17-15(13)12-5-8-21-10-12/h5,8,10-11H,2-4,6-7,9H2,1H3. The molecule has 2 aromatic rings. The predicted molar refractivity (Wildman–Crippen MR) is 88.4 cm³/mol. The molecule has 0 aromatic carbocycles. The Kier molecular flexibility index (Phi) is 4.56. The van der Waals surface area contributed by atoms with Crippen molar-refractivity contribution in [2.75, 3.05) is 18.8 Å². The first-order valence-corrected chi connectivity index (χ1v) is 10.00. The molecule has 0 saturated carbocycles. The topological polar surface area (TPSA) is 63.2 Å². The van der Waals surface area contributed by atoms with E-state index in [1.807, 2.05) is 18.4 Å². The average molecular weight is 337 g/mol. The highest BCUT2D eigenvalue weighted by Gasteiger charge is 2.26. The molecule has 1 aliphatic rings. The first-order chi connectivity index (χ1) is 10.6. The predicted octanol–water partition coefficient (Wildman–Crippen LogP) is 2.35. The van der Waals surface area contributed by atoms with Gasteiger partial charge in [-0.2, -0.15) is 11.3 Å². The average Bonchev–Trinajstić information content (AvgIpc) is 2.92. The number of sulfonamides is 1. The number of hydrogen-bond donors (Lipinski definition) is 0. The van der Waals surface area contributed by atoms with Crippen LogP contribution >= 0.6 is 11.3 Å². The quantitative estimate of drug-likeness (QED) is 0.859. The smallest absolute Gasteiger partial charge is 0.214 e. The lowest BCUT2D eigenvalue weighted by Gasteiger charge is -2.19. The van der Waals surface area contributed by atoms with Crippen LogP contribution in [0.1, 0.15) is 24.6 Å². The van der Waals surface area contributed by atoms with Crippen LogP contribution in [0.5, 0.6) is 0 Å². The molecule has 7 heteroatoms. The van der Waals surface area contributed by atoms with Gasteiger partial charge in [-0.15, -0.1) is 0 Å². The van der Waals surface area contributed by atoms with Crippen LogP contribution in [0.25, 0.3) is 11.3 Å². The van der Waals surface area contributed by atoms with E-state index in [4.69, 9.17) is 0 Å².